The molecule has 1 aromatic rings. The predicted molar refractivity (Wildman–Crippen MR) is 74.5 cm³/mol. The van der Waals surface area contributed by atoms with Crippen molar-refractivity contribution in [3.63, 3.8) is 0 Å². The Morgan fingerprint density at radius 2 is 2.17 bits per heavy atom. The second kappa shape index (κ2) is 8.27. The molecule has 18 heavy (non-hydrogen) atoms. The molecule has 1 atom stereocenters. The monoisotopic (exact) mass is 253 g/mol. The predicted octanol–water partition coefficient (Wildman–Crippen LogP) is 2.44. The van der Waals surface area contributed by atoms with Crippen molar-refractivity contribution in [2.75, 3.05) is 13.2 Å². The minimum atomic E-state index is 0.398. The van der Waals surface area contributed by atoms with E-state index in [9.17, 15) is 0 Å². The third kappa shape index (κ3) is 4.78. The van der Waals surface area contributed by atoms with Gasteiger partial charge in [0.25, 0.3) is 0 Å². The van der Waals surface area contributed by atoms with Crippen LogP contribution in [0.3, 0.4) is 0 Å². The molecule has 1 aromatic heterocycles. The molecule has 1 heterocycles. The van der Waals surface area contributed by atoms with Gasteiger partial charge in [-0.05, 0) is 25.3 Å². The lowest BCUT2D eigenvalue weighted by Gasteiger charge is -2.22. The van der Waals surface area contributed by atoms with Crippen LogP contribution in [-0.4, -0.2) is 29.0 Å². The first-order valence-electron chi connectivity index (χ1n) is 7.00. The first-order valence-corrected chi connectivity index (χ1v) is 7.00. The zero-order valence-electron chi connectivity index (χ0n) is 12.1. The van der Waals surface area contributed by atoms with E-state index in [1.165, 1.54) is 5.69 Å². The Balaban J connectivity index is 2.47. The van der Waals surface area contributed by atoms with E-state index in [2.05, 4.69) is 41.9 Å². The molecule has 0 saturated carbocycles. The van der Waals surface area contributed by atoms with Gasteiger partial charge in [-0.2, -0.15) is 5.10 Å². The highest BCUT2D eigenvalue weighted by molar-refractivity contribution is 5.00. The van der Waals surface area contributed by atoms with Crippen LogP contribution in [0.25, 0.3) is 0 Å². The molecule has 4 heteroatoms. The minimum Gasteiger partial charge on any atom is -0.380 e. The van der Waals surface area contributed by atoms with Crippen LogP contribution in [0.2, 0.25) is 0 Å². The van der Waals surface area contributed by atoms with Gasteiger partial charge in [0.1, 0.15) is 0 Å². The summed E-state index contributed by atoms with van der Waals surface area (Å²) in [6.07, 6.45) is 2.99. The van der Waals surface area contributed by atoms with Crippen LogP contribution in [0.4, 0.5) is 0 Å². The molecule has 0 radical (unpaired) electrons. The summed E-state index contributed by atoms with van der Waals surface area (Å²) in [5, 5.41) is 7.91. The molecule has 0 spiro atoms. The fourth-order valence-electron chi connectivity index (χ4n) is 1.89. The Morgan fingerprint density at radius 1 is 1.39 bits per heavy atom. The van der Waals surface area contributed by atoms with Gasteiger partial charge in [0.15, 0.2) is 0 Å². The second-order valence-corrected chi connectivity index (χ2v) is 4.94. The van der Waals surface area contributed by atoms with Crippen molar-refractivity contribution in [3.8, 4) is 0 Å². The zero-order valence-corrected chi connectivity index (χ0v) is 12.1. The van der Waals surface area contributed by atoms with E-state index in [0.717, 1.165) is 32.7 Å². The molecule has 1 unspecified atom stereocenters. The van der Waals surface area contributed by atoms with Crippen molar-refractivity contribution in [1.29, 1.82) is 0 Å². The topological polar surface area (TPSA) is 39.1 Å². The lowest BCUT2D eigenvalue weighted by Crippen LogP contribution is -2.38. The van der Waals surface area contributed by atoms with E-state index in [1.807, 2.05) is 13.1 Å². The fraction of sp³-hybridized carbons (Fsp3) is 0.786. The van der Waals surface area contributed by atoms with Gasteiger partial charge in [0, 0.05) is 31.9 Å². The Kier molecular flexibility index (Phi) is 6.98. The summed E-state index contributed by atoms with van der Waals surface area (Å²) < 4.78 is 7.59. The number of hydrogen-bond donors (Lipinski definition) is 1. The number of nitrogens with one attached hydrogen (secondary N) is 1. The average molecular weight is 253 g/mol. The van der Waals surface area contributed by atoms with Gasteiger partial charge >= 0.3 is 0 Å². The fourth-order valence-corrected chi connectivity index (χ4v) is 1.89. The van der Waals surface area contributed by atoms with Gasteiger partial charge < -0.3 is 10.1 Å². The second-order valence-electron chi connectivity index (χ2n) is 4.94. The number of hydrogen-bond acceptors (Lipinski definition) is 3. The van der Waals surface area contributed by atoms with Crippen molar-refractivity contribution < 1.29 is 4.74 Å². The summed E-state index contributed by atoms with van der Waals surface area (Å²) in [6, 6.07) is 2.48. The highest BCUT2D eigenvalue weighted by Gasteiger charge is 2.13. The lowest BCUT2D eigenvalue weighted by atomic mass is 10.1. The molecule has 0 amide bonds. The van der Waals surface area contributed by atoms with Crippen molar-refractivity contribution in [2.24, 2.45) is 5.92 Å². The molecular formula is C14H27N3O. The van der Waals surface area contributed by atoms with Crippen LogP contribution >= 0.6 is 0 Å². The van der Waals surface area contributed by atoms with E-state index in [0.29, 0.717) is 12.0 Å². The maximum atomic E-state index is 5.52. The number of aryl methyl sites for hydroxylation is 1. The standard InChI is InChI=1S/C14H27N3O/c1-5-9-17-13(7-8-16-17)10-15-14(12(3)4)11-18-6-2/h7-8,12,14-15H,5-6,9-11H2,1-4H3. The van der Waals surface area contributed by atoms with Crippen LogP contribution in [0, 0.1) is 5.92 Å². The molecule has 0 aliphatic carbocycles. The largest absolute Gasteiger partial charge is 0.380 e. The number of ether oxygens (including phenoxy) is 1. The highest BCUT2D eigenvalue weighted by atomic mass is 16.5. The van der Waals surface area contributed by atoms with Gasteiger partial charge in [-0.3, -0.25) is 4.68 Å². The number of nitrogens with zero attached hydrogens (tertiary/aromatic N) is 2. The van der Waals surface area contributed by atoms with Gasteiger partial charge in [-0.15, -0.1) is 0 Å². The van der Waals surface area contributed by atoms with Crippen molar-refractivity contribution >= 4 is 0 Å². The van der Waals surface area contributed by atoms with Crippen LogP contribution in [-0.2, 0) is 17.8 Å². The van der Waals surface area contributed by atoms with Crippen molar-refractivity contribution in [3.05, 3.63) is 18.0 Å². The Hall–Kier alpha value is -0.870. The molecule has 0 aliphatic rings. The van der Waals surface area contributed by atoms with E-state index in [-0.39, 0.29) is 0 Å². The smallest absolute Gasteiger partial charge is 0.0622 e. The Morgan fingerprint density at radius 3 is 2.78 bits per heavy atom. The van der Waals surface area contributed by atoms with E-state index < -0.39 is 0 Å². The summed E-state index contributed by atoms with van der Waals surface area (Å²) in [5.41, 5.74) is 1.25. The zero-order chi connectivity index (χ0) is 13.4. The summed E-state index contributed by atoms with van der Waals surface area (Å²) in [7, 11) is 0. The molecule has 4 nitrogen and oxygen atoms in total. The molecule has 0 bridgehead atoms. The SMILES string of the molecule is CCCn1nccc1CNC(COCC)C(C)C. The molecule has 0 aromatic carbocycles. The molecule has 0 aliphatic heterocycles. The summed E-state index contributed by atoms with van der Waals surface area (Å²) in [6.45, 7) is 12.0. The van der Waals surface area contributed by atoms with Gasteiger partial charge in [-0.1, -0.05) is 20.8 Å². The van der Waals surface area contributed by atoms with Gasteiger partial charge in [-0.25, -0.2) is 0 Å². The van der Waals surface area contributed by atoms with Crippen LogP contribution in [0.15, 0.2) is 12.3 Å². The minimum absolute atomic E-state index is 0.398. The molecule has 104 valence electrons. The summed E-state index contributed by atoms with van der Waals surface area (Å²) >= 11 is 0. The molecular weight excluding hydrogens is 226 g/mol. The normalized spacial score (nSPS) is 13.2. The van der Waals surface area contributed by atoms with E-state index in [1.54, 1.807) is 0 Å². The first-order chi connectivity index (χ1) is 8.69. The van der Waals surface area contributed by atoms with Crippen molar-refractivity contribution in [2.45, 2.75) is 53.2 Å². The molecule has 1 N–H and O–H groups in total. The highest BCUT2D eigenvalue weighted by Crippen LogP contribution is 2.06. The third-order valence-corrected chi connectivity index (χ3v) is 3.09. The third-order valence-electron chi connectivity index (χ3n) is 3.09. The molecule has 0 fully saturated rings. The maximum absolute atomic E-state index is 5.52. The molecule has 1 rings (SSSR count). The Bertz CT molecular complexity index is 323. The van der Waals surface area contributed by atoms with E-state index >= 15 is 0 Å². The quantitative estimate of drug-likeness (QED) is 0.734. The first kappa shape index (κ1) is 15.2. The number of rotatable bonds is 9. The average Bonchev–Trinajstić information content (AvgIpc) is 2.77. The molecule has 0 saturated heterocycles. The van der Waals surface area contributed by atoms with Gasteiger partial charge in [0.05, 0.1) is 12.3 Å². The Labute approximate surface area is 111 Å². The van der Waals surface area contributed by atoms with Crippen LogP contribution in [0.5, 0.6) is 0 Å². The van der Waals surface area contributed by atoms with Crippen LogP contribution < -0.4 is 5.32 Å². The van der Waals surface area contributed by atoms with E-state index in [4.69, 9.17) is 4.74 Å². The van der Waals surface area contributed by atoms with Gasteiger partial charge in [0.2, 0.25) is 0 Å². The summed E-state index contributed by atoms with van der Waals surface area (Å²) in [5.74, 6) is 0.569. The van der Waals surface area contributed by atoms with Crippen molar-refractivity contribution in [1.82, 2.24) is 15.1 Å². The lowest BCUT2D eigenvalue weighted by molar-refractivity contribution is 0.107. The van der Waals surface area contributed by atoms with Crippen LogP contribution in [0.1, 0.15) is 39.8 Å². The maximum Gasteiger partial charge on any atom is 0.0622 e. The summed E-state index contributed by atoms with van der Waals surface area (Å²) in [4.78, 5) is 0. The number of aromatic nitrogens is 2.